The van der Waals surface area contributed by atoms with Crippen LogP contribution in [0.1, 0.15) is 5.56 Å². The van der Waals surface area contributed by atoms with Gasteiger partial charge in [-0.05, 0) is 23.8 Å². The van der Waals surface area contributed by atoms with Crippen LogP contribution in [0.15, 0.2) is 18.2 Å². The molecule has 1 heterocycles. The van der Waals surface area contributed by atoms with E-state index in [0.29, 0.717) is 17.2 Å². The van der Waals surface area contributed by atoms with Crippen molar-refractivity contribution < 1.29 is 19.0 Å². The highest BCUT2D eigenvalue weighted by atomic mass is 16.7. The molecule has 15 heavy (non-hydrogen) atoms. The Hall–Kier alpha value is -1.97. The predicted molar refractivity (Wildman–Crippen MR) is 54.2 cm³/mol. The smallest absolute Gasteiger partial charge is 0.231 e. The van der Waals surface area contributed by atoms with Gasteiger partial charge in [0.15, 0.2) is 11.5 Å². The van der Waals surface area contributed by atoms with Gasteiger partial charge in [-0.15, -0.1) is 0 Å². The summed E-state index contributed by atoms with van der Waals surface area (Å²) in [5.74, 6) is 1.86. The number of allylic oxidation sites excluding steroid dienone is 1. The Morgan fingerprint density at radius 3 is 3.00 bits per heavy atom. The molecule has 1 aromatic carbocycles. The molecule has 78 valence electrons. The van der Waals surface area contributed by atoms with E-state index in [1.54, 1.807) is 25.3 Å². The van der Waals surface area contributed by atoms with Gasteiger partial charge in [0.2, 0.25) is 12.5 Å². The molecule has 0 aromatic heterocycles. The maximum absolute atomic E-state index is 10.2. The van der Waals surface area contributed by atoms with Crippen molar-refractivity contribution in [2.24, 2.45) is 0 Å². The maximum Gasteiger partial charge on any atom is 0.231 e. The lowest BCUT2D eigenvalue weighted by molar-refractivity contribution is -0.104. The van der Waals surface area contributed by atoms with Crippen LogP contribution in [0.3, 0.4) is 0 Å². The molecule has 0 radical (unpaired) electrons. The highest BCUT2D eigenvalue weighted by Crippen LogP contribution is 2.41. The van der Waals surface area contributed by atoms with Crippen molar-refractivity contribution in [2.45, 2.75) is 0 Å². The Labute approximate surface area is 87.1 Å². The number of fused-ring (bicyclic) bond motifs is 1. The molecule has 1 aromatic rings. The van der Waals surface area contributed by atoms with Crippen molar-refractivity contribution >= 4 is 12.4 Å². The highest BCUT2D eigenvalue weighted by molar-refractivity contribution is 5.75. The third-order valence-electron chi connectivity index (χ3n) is 2.05. The van der Waals surface area contributed by atoms with E-state index in [0.717, 1.165) is 11.8 Å². The van der Waals surface area contributed by atoms with Gasteiger partial charge in [0.1, 0.15) is 6.29 Å². The number of aldehydes is 1. The summed E-state index contributed by atoms with van der Waals surface area (Å²) >= 11 is 0. The van der Waals surface area contributed by atoms with Crippen LogP contribution in [0.4, 0.5) is 0 Å². The molecule has 0 atom stereocenters. The van der Waals surface area contributed by atoms with E-state index < -0.39 is 0 Å². The Kier molecular flexibility index (Phi) is 2.58. The molecule has 0 fully saturated rings. The van der Waals surface area contributed by atoms with Gasteiger partial charge in [-0.2, -0.15) is 0 Å². The number of methoxy groups -OCH3 is 1. The van der Waals surface area contributed by atoms with Crippen LogP contribution in [0.25, 0.3) is 6.08 Å². The highest BCUT2D eigenvalue weighted by Gasteiger charge is 2.19. The Morgan fingerprint density at radius 1 is 1.40 bits per heavy atom. The average Bonchev–Trinajstić information content (AvgIpc) is 2.73. The summed E-state index contributed by atoms with van der Waals surface area (Å²) < 4.78 is 15.6. The number of hydrogen-bond acceptors (Lipinski definition) is 4. The molecule has 0 saturated heterocycles. The molecular formula is C11H10O4. The first kappa shape index (κ1) is 9.58. The van der Waals surface area contributed by atoms with E-state index in [1.165, 1.54) is 6.08 Å². The molecule has 0 unspecified atom stereocenters. The molecule has 4 nitrogen and oxygen atoms in total. The second-order valence-corrected chi connectivity index (χ2v) is 2.95. The van der Waals surface area contributed by atoms with Crippen molar-refractivity contribution in [1.29, 1.82) is 0 Å². The van der Waals surface area contributed by atoms with Crippen LogP contribution < -0.4 is 14.2 Å². The van der Waals surface area contributed by atoms with E-state index >= 15 is 0 Å². The fourth-order valence-corrected chi connectivity index (χ4v) is 1.40. The number of carbonyl (C=O) groups excluding carboxylic acids is 1. The lowest BCUT2D eigenvalue weighted by Gasteiger charge is -2.05. The summed E-state index contributed by atoms with van der Waals surface area (Å²) in [6.07, 6.45) is 3.81. The first-order valence-corrected chi connectivity index (χ1v) is 4.44. The summed E-state index contributed by atoms with van der Waals surface area (Å²) in [6.45, 7) is 0.201. The van der Waals surface area contributed by atoms with Crippen LogP contribution in [0.5, 0.6) is 17.2 Å². The topological polar surface area (TPSA) is 44.8 Å². The molecular weight excluding hydrogens is 196 g/mol. The van der Waals surface area contributed by atoms with E-state index in [4.69, 9.17) is 14.2 Å². The number of benzene rings is 1. The van der Waals surface area contributed by atoms with Crippen LogP contribution in [-0.2, 0) is 4.79 Å². The molecule has 0 spiro atoms. The van der Waals surface area contributed by atoms with Crippen molar-refractivity contribution in [2.75, 3.05) is 13.9 Å². The summed E-state index contributed by atoms with van der Waals surface area (Å²) in [6, 6.07) is 3.58. The van der Waals surface area contributed by atoms with Gasteiger partial charge in [-0.25, -0.2) is 0 Å². The molecule has 1 aliphatic heterocycles. The Balaban J connectivity index is 2.43. The first-order valence-electron chi connectivity index (χ1n) is 4.44. The molecule has 1 aliphatic rings. The molecule has 0 N–H and O–H groups in total. The molecule has 0 bridgehead atoms. The fraction of sp³-hybridized carbons (Fsp3) is 0.182. The monoisotopic (exact) mass is 206 g/mol. The quantitative estimate of drug-likeness (QED) is 0.557. The number of rotatable bonds is 3. The zero-order valence-corrected chi connectivity index (χ0v) is 8.23. The lowest BCUT2D eigenvalue weighted by Crippen LogP contribution is -1.93. The van der Waals surface area contributed by atoms with E-state index in [9.17, 15) is 4.79 Å². The van der Waals surface area contributed by atoms with Crippen molar-refractivity contribution in [3.63, 3.8) is 0 Å². The summed E-state index contributed by atoms with van der Waals surface area (Å²) in [7, 11) is 1.56. The third-order valence-corrected chi connectivity index (χ3v) is 2.05. The minimum absolute atomic E-state index is 0.201. The van der Waals surface area contributed by atoms with E-state index in [1.807, 2.05) is 0 Å². The van der Waals surface area contributed by atoms with Gasteiger partial charge in [0, 0.05) is 0 Å². The second kappa shape index (κ2) is 4.04. The predicted octanol–water partition coefficient (Wildman–Crippen LogP) is 1.64. The van der Waals surface area contributed by atoms with Crippen LogP contribution in [-0.4, -0.2) is 20.2 Å². The average molecular weight is 206 g/mol. The number of hydrogen-bond donors (Lipinski definition) is 0. The molecule has 2 rings (SSSR count). The Morgan fingerprint density at radius 2 is 2.27 bits per heavy atom. The van der Waals surface area contributed by atoms with Crippen molar-refractivity contribution in [3.05, 3.63) is 23.8 Å². The van der Waals surface area contributed by atoms with Crippen LogP contribution in [0.2, 0.25) is 0 Å². The van der Waals surface area contributed by atoms with Crippen molar-refractivity contribution in [3.8, 4) is 17.2 Å². The van der Waals surface area contributed by atoms with Gasteiger partial charge < -0.3 is 14.2 Å². The third kappa shape index (κ3) is 1.79. The van der Waals surface area contributed by atoms with Gasteiger partial charge in [0.25, 0.3) is 0 Å². The standard InChI is InChI=1S/C11H10O4/c1-13-9-5-8(3-2-4-12)6-10-11(9)15-7-14-10/h2-6H,7H2,1H3/b3-2+. The molecule has 4 heteroatoms. The van der Waals surface area contributed by atoms with E-state index in [2.05, 4.69) is 0 Å². The summed E-state index contributed by atoms with van der Waals surface area (Å²) in [5, 5.41) is 0. The second-order valence-electron chi connectivity index (χ2n) is 2.95. The SMILES string of the molecule is COc1cc(/C=C/C=O)cc2c1OCO2. The summed E-state index contributed by atoms with van der Waals surface area (Å²) in [4.78, 5) is 10.2. The van der Waals surface area contributed by atoms with Gasteiger partial charge >= 0.3 is 0 Å². The minimum atomic E-state index is 0.201. The first-order chi connectivity index (χ1) is 7.35. The molecule has 0 aliphatic carbocycles. The zero-order valence-electron chi connectivity index (χ0n) is 8.23. The zero-order chi connectivity index (χ0) is 10.7. The Bertz CT molecular complexity index is 409. The van der Waals surface area contributed by atoms with E-state index in [-0.39, 0.29) is 6.79 Å². The lowest BCUT2D eigenvalue weighted by atomic mass is 10.1. The van der Waals surface area contributed by atoms with Gasteiger partial charge in [-0.3, -0.25) is 4.79 Å². The molecule has 0 amide bonds. The van der Waals surface area contributed by atoms with Crippen LogP contribution >= 0.6 is 0 Å². The van der Waals surface area contributed by atoms with Crippen LogP contribution in [0, 0.1) is 0 Å². The number of ether oxygens (including phenoxy) is 3. The number of carbonyl (C=O) groups is 1. The largest absolute Gasteiger partial charge is 0.493 e. The van der Waals surface area contributed by atoms with Gasteiger partial charge in [0.05, 0.1) is 7.11 Å². The normalized spacial score (nSPS) is 13.1. The van der Waals surface area contributed by atoms with Gasteiger partial charge in [-0.1, -0.05) is 6.08 Å². The molecule has 0 saturated carbocycles. The van der Waals surface area contributed by atoms with Crippen molar-refractivity contribution in [1.82, 2.24) is 0 Å². The minimum Gasteiger partial charge on any atom is -0.493 e. The maximum atomic E-state index is 10.2. The summed E-state index contributed by atoms with van der Waals surface area (Å²) in [5.41, 5.74) is 0.836. The fourth-order valence-electron chi connectivity index (χ4n) is 1.40.